The van der Waals surface area contributed by atoms with E-state index in [1.165, 1.54) is 7.05 Å². The molecule has 0 unspecified atom stereocenters. The van der Waals surface area contributed by atoms with Crippen molar-refractivity contribution in [2.24, 2.45) is 11.7 Å². The van der Waals surface area contributed by atoms with Crippen LogP contribution in [-0.4, -0.2) is 26.3 Å². The minimum Gasteiger partial charge on any atom is -0.327 e. The Morgan fingerprint density at radius 1 is 1.42 bits per heavy atom. The highest BCUT2D eigenvalue weighted by Gasteiger charge is 2.52. The predicted molar refractivity (Wildman–Crippen MR) is 80.4 cm³/mol. The SMILES string of the molecule is C=C[C@H]1C[C@H]1N.CCCCCC1(S(=O)(=O)NC)CC1. The molecule has 3 N–H and O–H groups in total. The first-order valence-corrected chi connectivity index (χ1v) is 8.72. The van der Waals surface area contributed by atoms with Crippen LogP contribution in [0.1, 0.15) is 51.9 Å². The number of nitrogens with one attached hydrogen (secondary N) is 1. The van der Waals surface area contributed by atoms with Crippen LogP contribution in [0.5, 0.6) is 0 Å². The summed E-state index contributed by atoms with van der Waals surface area (Å²) < 4.78 is 25.2. The van der Waals surface area contributed by atoms with Crippen molar-refractivity contribution in [3.63, 3.8) is 0 Å². The summed E-state index contributed by atoms with van der Waals surface area (Å²) in [5, 5.41) is 0. The van der Waals surface area contributed by atoms with Gasteiger partial charge in [0.15, 0.2) is 0 Å². The van der Waals surface area contributed by atoms with Crippen LogP contribution >= 0.6 is 0 Å². The summed E-state index contributed by atoms with van der Waals surface area (Å²) in [7, 11) is -1.51. The van der Waals surface area contributed by atoms with Gasteiger partial charge >= 0.3 is 0 Å². The fourth-order valence-corrected chi connectivity index (χ4v) is 3.70. The Balaban J connectivity index is 0.000000250. The first kappa shape index (κ1) is 16.7. The minimum absolute atomic E-state index is 0.392. The Kier molecular flexibility index (Phi) is 6.02. The number of nitrogens with two attached hydrogens (primary N) is 1. The molecule has 0 aromatic rings. The fraction of sp³-hybridized carbons (Fsp3) is 0.857. The van der Waals surface area contributed by atoms with Crippen LogP contribution in [0.3, 0.4) is 0 Å². The Morgan fingerprint density at radius 3 is 2.26 bits per heavy atom. The van der Waals surface area contributed by atoms with Crippen molar-refractivity contribution in [1.29, 1.82) is 0 Å². The van der Waals surface area contributed by atoms with Gasteiger partial charge in [-0.25, -0.2) is 13.1 Å². The number of rotatable bonds is 7. The molecule has 2 atom stereocenters. The lowest BCUT2D eigenvalue weighted by Gasteiger charge is -2.14. The molecule has 2 fully saturated rings. The number of hydrogen-bond donors (Lipinski definition) is 2. The van der Waals surface area contributed by atoms with Crippen molar-refractivity contribution in [2.75, 3.05) is 7.05 Å². The van der Waals surface area contributed by atoms with Gasteiger partial charge in [-0.1, -0.05) is 32.3 Å². The van der Waals surface area contributed by atoms with Crippen molar-refractivity contribution >= 4 is 10.0 Å². The summed E-state index contributed by atoms with van der Waals surface area (Å²) in [5.74, 6) is 0.644. The van der Waals surface area contributed by atoms with E-state index >= 15 is 0 Å². The van der Waals surface area contributed by atoms with Gasteiger partial charge in [-0.05, 0) is 38.6 Å². The third-order valence-corrected chi connectivity index (χ3v) is 6.37. The molecule has 112 valence electrons. The molecule has 0 aliphatic heterocycles. The highest BCUT2D eigenvalue weighted by molar-refractivity contribution is 7.91. The summed E-state index contributed by atoms with van der Waals surface area (Å²) >= 11 is 0. The van der Waals surface area contributed by atoms with E-state index in [0.29, 0.717) is 12.0 Å². The second-order valence-electron chi connectivity index (χ2n) is 5.65. The maximum absolute atomic E-state index is 11.6. The normalized spacial score (nSPS) is 27.1. The summed E-state index contributed by atoms with van der Waals surface area (Å²) in [6, 6.07) is 0.447. The number of unbranched alkanes of at least 4 members (excludes halogenated alkanes) is 2. The van der Waals surface area contributed by atoms with Crippen LogP contribution in [0, 0.1) is 5.92 Å². The third kappa shape index (κ3) is 4.58. The van der Waals surface area contributed by atoms with E-state index in [0.717, 1.165) is 44.9 Å². The fourth-order valence-electron chi connectivity index (χ4n) is 2.21. The van der Waals surface area contributed by atoms with Crippen molar-refractivity contribution < 1.29 is 8.42 Å². The smallest absolute Gasteiger partial charge is 0.217 e. The van der Waals surface area contributed by atoms with Crippen LogP contribution < -0.4 is 10.5 Å². The van der Waals surface area contributed by atoms with Crippen molar-refractivity contribution in [3.8, 4) is 0 Å². The molecule has 2 aliphatic carbocycles. The second kappa shape index (κ2) is 6.86. The average Bonchev–Trinajstić information content (AvgIpc) is 3.28. The monoisotopic (exact) mass is 288 g/mol. The maximum Gasteiger partial charge on any atom is 0.217 e. The Morgan fingerprint density at radius 2 is 2.00 bits per heavy atom. The third-order valence-electron chi connectivity index (χ3n) is 4.08. The van der Waals surface area contributed by atoms with Gasteiger partial charge in [0.1, 0.15) is 0 Å². The van der Waals surface area contributed by atoms with Crippen molar-refractivity contribution in [2.45, 2.75) is 62.7 Å². The van der Waals surface area contributed by atoms with Crippen LogP contribution in [0.15, 0.2) is 12.7 Å². The first-order chi connectivity index (χ1) is 8.92. The Labute approximate surface area is 117 Å². The molecular weight excluding hydrogens is 260 g/mol. The Bertz CT molecular complexity index is 388. The largest absolute Gasteiger partial charge is 0.327 e. The van der Waals surface area contributed by atoms with Gasteiger partial charge in [0.2, 0.25) is 10.0 Å². The van der Waals surface area contributed by atoms with Crippen LogP contribution in [-0.2, 0) is 10.0 Å². The molecule has 5 heteroatoms. The Hall–Kier alpha value is -0.390. The zero-order valence-corrected chi connectivity index (χ0v) is 13.0. The van der Waals surface area contributed by atoms with E-state index in [2.05, 4.69) is 18.2 Å². The van der Waals surface area contributed by atoms with E-state index in [1.807, 2.05) is 6.08 Å². The summed E-state index contributed by atoms with van der Waals surface area (Å²) in [4.78, 5) is 0. The zero-order valence-electron chi connectivity index (χ0n) is 12.2. The van der Waals surface area contributed by atoms with E-state index in [1.54, 1.807) is 0 Å². The molecule has 0 aromatic heterocycles. The van der Waals surface area contributed by atoms with Crippen molar-refractivity contribution in [3.05, 3.63) is 12.7 Å². The molecule has 0 bridgehead atoms. The van der Waals surface area contributed by atoms with Crippen LogP contribution in [0.2, 0.25) is 0 Å². The van der Waals surface area contributed by atoms with E-state index < -0.39 is 14.8 Å². The summed E-state index contributed by atoms with van der Waals surface area (Å²) in [6.45, 7) is 5.72. The van der Waals surface area contributed by atoms with Crippen LogP contribution in [0.25, 0.3) is 0 Å². The molecule has 2 aliphatic rings. The summed E-state index contributed by atoms with van der Waals surface area (Å²) in [6.07, 6.45) is 8.94. The molecule has 0 spiro atoms. The quantitative estimate of drug-likeness (QED) is 0.557. The molecule has 0 heterocycles. The van der Waals surface area contributed by atoms with Gasteiger partial charge in [-0.15, -0.1) is 6.58 Å². The van der Waals surface area contributed by atoms with Gasteiger partial charge < -0.3 is 5.73 Å². The van der Waals surface area contributed by atoms with Gasteiger partial charge in [0, 0.05) is 6.04 Å². The van der Waals surface area contributed by atoms with E-state index in [-0.39, 0.29) is 0 Å². The zero-order chi connectivity index (χ0) is 14.5. The lowest BCUT2D eigenvalue weighted by atomic mass is 10.1. The molecule has 4 nitrogen and oxygen atoms in total. The van der Waals surface area contributed by atoms with Crippen molar-refractivity contribution in [1.82, 2.24) is 4.72 Å². The molecule has 2 rings (SSSR count). The topological polar surface area (TPSA) is 72.2 Å². The highest BCUT2D eigenvalue weighted by atomic mass is 32.2. The molecule has 0 aromatic carbocycles. The summed E-state index contributed by atoms with van der Waals surface area (Å²) in [5.41, 5.74) is 5.41. The average molecular weight is 288 g/mol. The van der Waals surface area contributed by atoms with Gasteiger partial charge in [0.05, 0.1) is 4.75 Å². The van der Waals surface area contributed by atoms with Crippen LogP contribution in [0.4, 0.5) is 0 Å². The standard InChI is InChI=1S/C9H19NO2S.C5H9N/c1-3-4-5-6-9(7-8-9)13(11,12)10-2;1-2-4-3-5(4)6/h10H,3-8H2,1-2H3;2,4-5H,1,3,6H2/t;4-,5+/m.0/s1. The molecule has 0 amide bonds. The lowest BCUT2D eigenvalue weighted by molar-refractivity contribution is 0.546. The molecule has 0 radical (unpaired) electrons. The lowest BCUT2D eigenvalue weighted by Crippen LogP contribution is -2.33. The van der Waals surface area contributed by atoms with Gasteiger partial charge in [-0.2, -0.15) is 0 Å². The van der Waals surface area contributed by atoms with Gasteiger partial charge in [-0.3, -0.25) is 0 Å². The predicted octanol–water partition coefficient (Wildman–Crippen LogP) is 2.17. The molecule has 2 saturated carbocycles. The second-order valence-corrected chi connectivity index (χ2v) is 7.93. The van der Waals surface area contributed by atoms with Gasteiger partial charge in [0.25, 0.3) is 0 Å². The van der Waals surface area contributed by atoms with E-state index in [9.17, 15) is 8.42 Å². The first-order valence-electron chi connectivity index (χ1n) is 7.23. The molecule has 19 heavy (non-hydrogen) atoms. The maximum atomic E-state index is 11.6. The van der Waals surface area contributed by atoms with E-state index in [4.69, 9.17) is 5.73 Å². The molecular formula is C14H28N2O2S. The number of sulfonamides is 1. The minimum atomic E-state index is -3.02. The number of hydrogen-bond acceptors (Lipinski definition) is 3. The highest BCUT2D eigenvalue weighted by Crippen LogP contribution is 2.46. The molecule has 0 saturated heterocycles.